The summed E-state index contributed by atoms with van der Waals surface area (Å²) >= 11 is 1.71. The second-order valence-corrected chi connectivity index (χ2v) is 8.66. The number of carbonyl (C=O) groups excluding carboxylic acids is 2. The van der Waals surface area contributed by atoms with Gasteiger partial charge in [-0.15, -0.1) is 11.3 Å². The largest absolute Gasteiger partial charge is 0.466 e. The number of thiophene rings is 1. The van der Waals surface area contributed by atoms with Gasteiger partial charge in [0, 0.05) is 24.5 Å². The van der Waals surface area contributed by atoms with Crippen LogP contribution in [0.4, 0.5) is 0 Å². The van der Waals surface area contributed by atoms with Gasteiger partial charge < -0.3 is 14.2 Å². The Kier molecular flexibility index (Phi) is 6.05. The zero-order valence-electron chi connectivity index (χ0n) is 16.6. The lowest BCUT2D eigenvalue weighted by molar-refractivity contribution is -0.149. The summed E-state index contributed by atoms with van der Waals surface area (Å²) in [7, 11) is 0. The van der Waals surface area contributed by atoms with Gasteiger partial charge in [-0.1, -0.05) is 11.6 Å². The lowest BCUT2D eigenvalue weighted by Gasteiger charge is -2.31. The molecular weight excluding hydrogens is 360 g/mol. The van der Waals surface area contributed by atoms with Crippen molar-refractivity contribution in [1.82, 2.24) is 9.47 Å². The van der Waals surface area contributed by atoms with Crippen LogP contribution < -0.4 is 0 Å². The number of hydrogen-bond acceptors (Lipinski definition) is 4. The van der Waals surface area contributed by atoms with E-state index in [1.54, 1.807) is 11.3 Å². The predicted octanol–water partition coefficient (Wildman–Crippen LogP) is 4.39. The van der Waals surface area contributed by atoms with E-state index in [2.05, 4.69) is 37.5 Å². The maximum absolute atomic E-state index is 13.3. The third kappa shape index (κ3) is 4.26. The Bertz CT molecular complexity index is 873. The van der Waals surface area contributed by atoms with E-state index < -0.39 is 0 Å². The Balaban J connectivity index is 1.88. The molecule has 1 amide bonds. The van der Waals surface area contributed by atoms with Crippen molar-refractivity contribution in [2.24, 2.45) is 5.92 Å². The van der Waals surface area contributed by atoms with Crippen molar-refractivity contribution in [1.29, 1.82) is 0 Å². The van der Waals surface area contributed by atoms with Crippen molar-refractivity contribution in [3.8, 4) is 0 Å². The summed E-state index contributed by atoms with van der Waals surface area (Å²) in [4.78, 5) is 28.4. The number of rotatable bonds is 5. The standard InChI is InChI=1S/C21H28N2O3S/c1-5-26-21(25)16-7-6-9-22(13-16)20(24)18-12-19-17(11-15(4)27-19)23(18)10-8-14(2)3/h8,11-12,16H,5-7,9-10,13H2,1-4H3/t16-/m0/s1. The molecule has 0 spiro atoms. The van der Waals surface area contributed by atoms with Gasteiger partial charge in [-0.2, -0.15) is 0 Å². The first kappa shape index (κ1) is 19.7. The average Bonchev–Trinajstić information content (AvgIpc) is 3.15. The molecule has 0 aromatic carbocycles. The van der Waals surface area contributed by atoms with Gasteiger partial charge in [0.1, 0.15) is 5.69 Å². The van der Waals surface area contributed by atoms with Gasteiger partial charge in [-0.3, -0.25) is 9.59 Å². The number of ether oxygens (including phenoxy) is 1. The fourth-order valence-corrected chi connectivity index (χ4v) is 4.55. The van der Waals surface area contributed by atoms with E-state index in [4.69, 9.17) is 4.74 Å². The third-order valence-corrected chi connectivity index (χ3v) is 5.93. The van der Waals surface area contributed by atoms with Gasteiger partial charge in [-0.05, 0) is 52.7 Å². The Morgan fingerprint density at radius 3 is 2.81 bits per heavy atom. The van der Waals surface area contributed by atoms with Crippen LogP contribution in [0.2, 0.25) is 0 Å². The lowest BCUT2D eigenvalue weighted by atomic mass is 9.98. The highest BCUT2D eigenvalue weighted by Gasteiger charge is 2.31. The van der Waals surface area contributed by atoms with Crippen molar-refractivity contribution >= 4 is 33.4 Å². The second kappa shape index (κ2) is 8.30. The molecule has 3 rings (SSSR count). The Morgan fingerprint density at radius 1 is 1.33 bits per heavy atom. The monoisotopic (exact) mass is 388 g/mol. The minimum absolute atomic E-state index is 0.00667. The van der Waals surface area contributed by atoms with Crippen LogP contribution in [-0.4, -0.2) is 41.0 Å². The molecule has 146 valence electrons. The van der Waals surface area contributed by atoms with Gasteiger partial charge in [-0.25, -0.2) is 0 Å². The van der Waals surface area contributed by atoms with Gasteiger partial charge >= 0.3 is 5.97 Å². The van der Waals surface area contributed by atoms with Crippen LogP contribution in [0, 0.1) is 12.8 Å². The van der Waals surface area contributed by atoms with E-state index in [0.717, 1.165) is 23.1 Å². The molecule has 1 saturated heterocycles. The molecule has 0 N–H and O–H groups in total. The molecular formula is C21H28N2O3S. The summed E-state index contributed by atoms with van der Waals surface area (Å²) < 4.78 is 8.40. The van der Waals surface area contributed by atoms with Crippen LogP contribution >= 0.6 is 11.3 Å². The quantitative estimate of drug-likeness (QED) is 0.564. The molecule has 0 radical (unpaired) electrons. The molecule has 3 heterocycles. The molecule has 0 aliphatic carbocycles. The maximum atomic E-state index is 13.3. The first-order valence-electron chi connectivity index (χ1n) is 9.59. The molecule has 2 aromatic heterocycles. The molecule has 6 heteroatoms. The highest BCUT2D eigenvalue weighted by atomic mass is 32.1. The first-order valence-corrected chi connectivity index (χ1v) is 10.4. The molecule has 1 aliphatic rings. The minimum Gasteiger partial charge on any atom is -0.466 e. The molecule has 1 aliphatic heterocycles. The fourth-order valence-electron chi connectivity index (χ4n) is 3.59. The van der Waals surface area contributed by atoms with E-state index in [0.29, 0.717) is 31.9 Å². The summed E-state index contributed by atoms with van der Waals surface area (Å²) in [6.07, 6.45) is 3.76. The minimum atomic E-state index is -0.216. The zero-order chi connectivity index (χ0) is 19.6. The van der Waals surface area contributed by atoms with Gasteiger partial charge in [0.2, 0.25) is 0 Å². The van der Waals surface area contributed by atoms with Gasteiger partial charge in [0.15, 0.2) is 0 Å². The van der Waals surface area contributed by atoms with E-state index in [1.807, 2.05) is 17.9 Å². The summed E-state index contributed by atoms with van der Waals surface area (Å²) in [5, 5.41) is 0. The number of esters is 1. The Morgan fingerprint density at radius 2 is 2.11 bits per heavy atom. The van der Waals surface area contributed by atoms with Crippen molar-refractivity contribution < 1.29 is 14.3 Å². The molecule has 1 fully saturated rings. The van der Waals surface area contributed by atoms with E-state index >= 15 is 0 Å². The summed E-state index contributed by atoms with van der Waals surface area (Å²) in [6.45, 7) is 10.2. The number of piperidine rings is 1. The lowest BCUT2D eigenvalue weighted by Crippen LogP contribution is -2.43. The van der Waals surface area contributed by atoms with Gasteiger partial charge in [0.25, 0.3) is 5.91 Å². The van der Waals surface area contributed by atoms with Crippen LogP contribution in [0.3, 0.4) is 0 Å². The topological polar surface area (TPSA) is 51.5 Å². The normalized spacial score (nSPS) is 17.2. The Labute approximate surface area is 164 Å². The number of carbonyl (C=O) groups is 2. The molecule has 5 nitrogen and oxygen atoms in total. The predicted molar refractivity (Wildman–Crippen MR) is 109 cm³/mol. The summed E-state index contributed by atoms with van der Waals surface area (Å²) in [5.41, 5.74) is 3.04. The number of likely N-dealkylation sites (tertiary alicyclic amines) is 1. The summed E-state index contributed by atoms with van der Waals surface area (Å²) in [5.74, 6) is -0.397. The highest BCUT2D eigenvalue weighted by molar-refractivity contribution is 7.19. The van der Waals surface area contributed by atoms with E-state index in [9.17, 15) is 9.59 Å². The van der Waals surface area contributed by atoms with E-state index in [-0.39, 0.29) is 17.8 Å². The first-order chi connectivity index (χ1) is 12.9. The number of fused-ring (bicyclic) bond motifs is 1. The number of aryl methyl sites for hydroxylation is 1. The van der Waals surface area contributed by atoms with Crippen LogP contribution in [0.25, 0.3) is 10.2 Å². The molecule has 27 heavy (non-hydrogen) atoms. The van der Waals surface area contributed by atoms with Crippen LogP contribution in [-0.2, 0) is 16.1 Å². The number of allylic oxidation sites excluding steroid dienone is 2. The highest BCUT2D eigenvalue weighted by Crippen LogP contribution is 2.30. The molecule has 0 unspecified atom stereocenters. The maximum Gasteiger partial charge on any atom is 0.310 e. The average molecular weight is 389 g/mol. The SMILES string of the molecule is CCOC(=O)[C@H]1CCCN(C(=O)c2cc3sc(C)cc3n2CC=C(C)C)C1. The Hall–Kier alpha value is -2.08. The van der Waals surface area contributed by atoms with Crippen LogP contribution in [0.5, 0.6) is 0 Å². The van der Waals surface area contributed by atoms with Crippen molar-refractivity contribution in [3.63, 3.8) is 0 Å². The zero-order valence-corrected chi connectivity index (χ0v) is 17.4. The van der Waals surface area contributed by atoms with Crippen molar-refractivity contribution in [2.45, 2.75) is 47.1 Å². The van der Waals surface area contributed by atoms with Crippen LogP contribution in [0.1, 0.15) is 49.0 Å². The second-order valence-electron chi connectivity index (χ2n) is 7.37. The molecule has 2 aromatic rings. The number of nitrogens with zero attached hydrogens (tertiary/aromatic N) is 2. The van der Waals surface area contributed by atoms with Crippen LogP contribution in [0.15, 0.2) is 23.8 Å². The molecule has 0 bridgehead atoms. The number of aromatic nitrogens is 1. The summed E-state index contributed by atoms with van der Waals surface area (Å²) in [6, 6.07) is 4.15. The molecule has 0 saturated carbocycles. The van der Waals surface area contributed by atoms with E-state index in [1.165, 1.54) is 10.5 Å². The van der Waals surface area contributed by atoms with Crippen molar-refractivity contribution in [2.75, 3.05) is 19.7 Å². The number of amides is 1. The smallest absolute Gasteiger partial charge is 0.310 e. The van der Waals surface area contributed by atoms with Gasteiger partial charge in [0.05, 0.1) is 22.7 Å². The fraction of sp³-hybridized carbons (Fsp3) is 0.524. The number of hydrogen-bond donors (Lipinski definition) is 0. The van der Waals surface area contributed by atoms with Crippen molar-refractivity contribution in [3.05, 3.63) is 34.4 Å². The third-order valence-electron chi connectivity index (χ3n) is 4.94. The molecule has 1 atom stereocenters.